The molecule has 2 aromatic heterocycles. The number of aryl methyl sites for hydroxylation is 2. The number of hydrogen-bond acceptors (Lipinski definition) is 7. The number of rotatable bonds is 8. The fourth-order valence-electron chi connectivity index (χ4n) is 4.03. The average Bonchev–Trinajstić information content (AvgIpc) is 3.20. The number of nitrogens with zero attached hydrogens (tertiary/aromatic N) is 2. The zero-order valence-corrected chi connectivity index (χ0v) is 21.0. The smallest absolute Gasteiger partial charge is 0.266 e. The number of hydrogen-bond donors (Lipinski definition) is 1. The predicted molar refractivity (Wildman–Crippen MR) is 136 cm³/mol. The number of ether oxygens (including phenoxy) is 2. The van der Waals surface area contributed by atoms with Crippen molar-refractivity contribution in [1.82, 2.24) is 9.88 Å². The number of pyridine rings is 1. The minimum Gasteiger partial charge on any atom is -0.494 e. The van der Waals surface area contributed by atoms with Crippen LogP contribution in [-0.4, -0.2) is 60.4 Å². The summed E-state index contributed by atoms with van der Waals surface area (Å²) in [5.41, 5.74) is 3.00. The van der Waals surface area contributed by atoms with Crippen LogP contribution in [0.3, 0.4) is 0 Å². The number of morpholine rings is 1. The van der Waals surface area contributed by atoms with E-state index in [0.717, 1.165) is 21.5 Å². The van der Waals surface area contributed by atoms with Gasteiger partial charge in [-0.1, -0.05) is 0 Å². The molecule has 0 atom stereocenters. The van der Waals surface area contributed by atoms with E-state index in [1.807, 2.05) is 19.9 Å². The summed E-state index contributed by atoms with van der Waals surface area (Å²) >= 11 is 1.32. The summed E-state index contributed by atoms with van der Waals surface area (Å²) in [5.74, 6) is 0.355. The second kappa shape index (κ2) is 11.0. The van der Waals surface area contributed by atoms with E-state index in [9.17, 15) is 14.4 Å². The van der Waals surface area contributed by atoms with Crippen molar-refractivity contribution in [3.63, 3.8) is 0 Å². The van der Waals surface area contributed by atoms with E-state index in [0.29, 0.717) is 61.2 Å². The number of benzene rings is 1. The molecule has 8 nitrogen and oxygen atoms in total. The first-order chi connectivity index (χ1) is 16.8. The zero-order chi connectivity index (χ0) is 24.9. The van der Waals surface area contributed by atoms with Gasteiger partial charge in [0, 0.05) is 36.2 Å². The van der Waals surface area contributed by atoms with E-state index in [1.165, 1.54) is 18.3 Å². The van der Waals surface area contributed by atoms with E-state index < -0.39 is 0 Å². The Morgan fingerprint density at radius 2 is 1.86 bits per heavy atom. The molecule has 3 aromatic rings. The molecule has 9 heteroatoms. The van der Waals surface area contributed by atoms with E-state index in [2.05, 4.69) is 10.3 Å². The van der Waals surface area contributed by atoms with Crippen molar-refractivity contribution in [2.75, 3.05) is 38.2 Å². The summed E-state index contributed by atoms with van der Waals surface area (Å²) in [6.07, 6.45) is 0.748. The first-order valence-electron chi connectivity index (χ1n) is 11.6. The van der Waals surface area contributed by atoms with Gasteiger partial charge in [0.15, 0.2) is 5.78 Å². The Balaban J connectivity index is 1.44. The van der Waals surface area contributed by atoms with Crippen LogP contribution < -0.4 is 10.1 Å². The van der Waals surface area contributed by atoms with Gasteiger partial charge in [0.25, 0.3) is 5.91 Å². The van der Waals surface area contributed by atoms with Crippen LogP contribution in [0, 0.1) is 13.8 Å². The summed E-state index contributed by atoms with van der Waals surface area (Å²) in [5, 5.41) is 3.80. The lowest BCUT2D eigenvalue weighted by Gasteiger charge is -2.26. The van der Waals surface area contributed by atoms with Gasteiger partial charge in [0.1, 0.15) is 15.5 Å². The molecule has 184 valence electrons. The van der Waals surface area contributed by atoms with Gasteiger partial charge < -0.3 is 19.7 Å². The van der Waals surface area contributed by atoms with Crippen molar-refractivity contribution in [1.29, 1.82) is 0 Å². The fraction of sp³-hybridized carbons (Fsp3) is 0.385. The summed E-state index contributed by atoms with van der Waals surface area (Å²) in [6, 6.07) is 8.89. The van der Waals surface area contributed by atoms with E-state index in [4.69, 9.17) is 9.47 Å². The van der Waals surface area contributed by atoms with E-state index >= 15 is 0 Å². The molecule has 0 saturated carbocycles. The van der Waals surface area contributed by atoms with Gasteiger partial charge in [-0.3, -0.25) is 14.4 Å². The van der Waals surface area contributed by atoms with Crippen LogP contribution in [0.4, 0.5) is 5.69 Å². The molecule has 0 bridgehead atoms. The van der Waals surface area contributed by atoms with Crippen molar-refractivity contribution in [2.24, 2.45) is 0 Å². The van der Waals surface area contributed by atoms with E-state index in [1.54, 1.807) is 29.2 Å². The van der Waals surface area contributed by atoms with Crippen LogP contribution in [0.5, 0.6) is 5.75 Å². The van der Waals surface area contributed by atoms with Crippen LogP contribution in [0.2, 0.25) is 0 Å². The quantitative estimate of drug-likeness (QED) is 0.368. The van der Waals surface area contributed by atoms with Crippen molar-refractivity contribution in [3.05, 3.63) is 52.0 Å². The standard InChI is InChI=1S/C26H29N3O5S/c1-16-15-17(2)27-25-22(16)23(24(35-25)26(32)29-10-13-33-14-11-29)28-21(31)5-4-12-34-20-8-6-19(7-9-20)18(3)30/h6-9,15H,4-5,10-14H2,1-3H3,(H,28,31). The number of fused-ring (bicyclic) bond motifs is 1. The number of amides is 2. The van der Waals surface area contributed by atoms with Crippen LogP contribution in [-0.2, 0) is 9.53 Å². The average molecular weight is 496 g/mol. The Morgan fingerprint density at radius 1 is 1.14 bits per heavy atom. The Labute approximate surface area is 208 Å². The Hall–Kier alpha value is -3.30. The normalized spacial score (nSPS) is 13.6. The van der Waals surface area contributed by atoms with Gasteiger partial charge in [-0.05, 0) is 63.1 Å². The molecule has 0 spiro atoms. The molecule has 0 aliphatic carbocycles. The second-order valence-corrected chi connectivity index (χ2v) is 9.55. The van der Waals surface area contributed by atoms with Crippen LogP contribution in [0.15, 0.2) is 30.3 Å². The molecule has 35 heavy (non-hydrogen) atoms. The zero-order valence-electron chi connectivity index (χ0n) is 20.2. The maximum atomic E-state index is 13.3. The molecule has 0 unspecified atom stereocenters. The highest BCUT2D eigenvalue weighted by molar-refractivity contribution is 7.21. The first-order valence-corrected chi connectivity index (χ1v) is 12.5. The van der Waals surface area contributed by atoms with Gasteiger partial charge in [-0.2, -0.15) is 0 Å². The molecular weight excluding hydrogens is 466 g/mol. The lowest BCUT2D eigenvalue weighted by Crippen LogP contribution is -2.40. The van der Waals surface area contributed by atoms with Crippen molar-refractivity contribution < 1.29 is 23.9 Å². The summed E-state index contributed by atoms with van der Waals surface area (Å²) in [6.45, 7) is 7.82. The Kier molecular flexibility index (Phi) is 7.77. The van der Waals surface area contributed by atoms with Crippen LogP contribution in [0.1, 0.15) is 51.1 Å². The third-order valence-electron chi connectivity index (χ3n) is 5.82. The van der Waals surface area contributed by atoms with Crippen molar-refractivity contribution in [3.8, 4) is 5.75 Å². The number of nitrogens with one attached hydrogen (secondary N) is 1. The number of anilines is 1. The van der Waals surface area contributed by atoms with Crippen LogP contribution in [0.25, 0.3) is 10.2 Å². The number of thiophene rings is 1. The molecule has 0 radical (unpaired) electrons. The van der Waals surface area contributed by atoms with Gasteiger partial charge >= 0.3 is 0 Å². The highest BCUT2D eigenvalue weighted by Gasteiger charge is 2.27. The number of carbonyl (C=O) groups is 3. The predicted octanol–water partition coefficient (Wildman–Crippen LogP) is 4.39. The molecule has 1 fully saturated rings. The molecule has 1 saturated heterocycles. The Morgan fingerprint density at radius 3 is 2.54 bits per heavy atom. The molecule has 3 heterocycles. The fourth-order valence-corrected chi connectivity index (χ4v) is 5.25. The maximum Gasteiger partial charge on any atom is 0.266 e. The second-order valence-electron chi connectivity index (χ2n) is 8.55. The lowest BCUT2D eigenvalue weighted by molar-refractivity contribution is -0.116. The number of carbonyl (C=O) groups excluding carboxylic acids is 3. The number of Topliss-reactive ketones (excluding diaryl/α,β-unsaturated/α-hetero) is 1. The highest BCUT2D eigenvalue weighted by atomic mass is 32.1. The molecule has 1 aliphatic rings. The minimum atomic E-state index is -0.184. The largest absolute Gasteiger partial charge is 0.494 e. The van der Waals surface area contributed by atoms with Crippen molar-refractivity contribution in [2.45, 2.75) is 33.6 Å². The molecule has 1 N–H and O–H groups in total. The van der Waals surface area contributed by atoms with E-state index in [-0.39, 0.29) is 24.0 Å². The third-order valence-corrected chi connectivity index (χ3v) is 6.89. The first kappa shape index (κ1) is 24.8. The molecular formula is C26H29N3O5S. The van der Waals surface area contributed by atoms with Gasteiger partial charge in [-0.15, -0.1) is 11.3 Å². The number of ketones is 1. The number of aromatic nitrogens is 1. The molecule has 2 amide bonds. The lowest BCUT2D eigenvalue weighted by atomic mass is 10.1. The SMILES string of the molecule is CC(=O)c1ccc(OCCCC(=O)Nc2c(C(=O)N3CCOCC3)sc3nc(C)cc(C)c23)cc1. The minimum absolute atomic E-state index is 0.00115. The van der Waals surface area contributed by atoms with Crippen molar-refractivity contribution >= 4 is 44.8 Å². The molecule has 1 aromatic carbocycles. The molecule has 4 rings (SSSR count). The maximum absolute atomic E-state index is 13.3. The third kappa shape index (κ3) is 5.86. The summed E-state index contributed by atoms with van der Waals surface area (Å²) in [4.78, 5) is 45.2. The van der Waals surface area contributed by atoms with Gasteiger partial charge in [0.2, 0.25) is 5.91 Å². The Bertz CT molecular complexity index is 1250. The highest BCUT2D eigenvalue weighted by Crippen LogP contribution is 2.38. The molecule has 1 aliphatic heterocycles. The monoisotopic (exact) mass is 495 g/mol. The topological polar surface area (TPSA) is 97.8 Å². The summed E-state index contributed by atoms with van der Waals surface area (Å²) in [7, 11) is 0. The van der Waals surface area contributed by atoms with Crippen LogP contribution >= 0.6 is 11.3 Å². The van der Waals surface area contributed by atoms with Gasteiger partial charge in [0.05, 0.1) is 25.5 Å². The van der Waals surface area contributed by atoms with Gasteiger partial charge in [-0.25, -0.2) is 4.98 Å². The summed E-state index contributed by atoms with van der Waals surface area (Å²) < 4.78 is 11.1.